The molecule has 0 radical (unpaired) electrons. The van der Waals surface area contributed by atoms with Crippen LogP contribution in [-0.2, 0) is 4.79 Å². The van der Waals surface area contributed by atoms with Crippen molar-refractivity contribution in [2.75, 3.05) is 18.0 Å². The number of hydrogen-bond donors (Lipinski definition) is 1. The largest absolute Gasteiger partial charge is 0.354 e. The lowest BCUT2D eigenvalue weighted by Crippen LogP contribution is -2.46. The highest BCUT2D eigenvalue weighted by Crippen LogP contribution is 2.31. The molecule has 2 atom stereocenters. The van der Waals surface area contributed by atoms with Crippen molar-refractivity contribution in [2.45, 2.75) is 25.8 Å². The van der Waals surface area contributed by atoms with Crippen LogP contribution in [0.5, 0.6) is 0 Å². The minimum Gasteiger partial charge on any atom is -0.354 e. The van der Waals surface area contributed by atoms with E-state index in [2.05, 4.69) is 31.1 Å². The molecule has 0 unspecified atom stereocenters. The molecule has 0 saturated carbocycles. The molecule has 0 aliphatic carbocycles. The van der Waals surface area contributed by atoms with Crippen LogP contribution in [0.15, 0.2) is 16.6 Å². The fourth-order valence-electron chi connectivity index (χ4n) is 2.93. The Kier molecular flexibility index (Phi) is 3.01. The van der Waals surface area contributed by atoms with Gasteiger partial charge in [0.05, 0.1) is 17.7 Å². The average molecular weight is 310 g/mol. The maximum atomic E-state index is 11.7. The van der Waals surface area contributed by atoms with Gasteiger partial charge >= 0.3 is 0 Å². The number of carbonyl (C=O) groups is 1. The third-order valence-corrected chi connectivity index (χ3v) is 4.74. The van der Waals surface area contributed by atoms with Gasteiger partial charge in [0.15, 0.2) is 0 Å². The Morgan fingerprint density at radius 3 is 3.11 bits per heavy atom. The minimum atomic E-state index is 0.143. The van der Waals surface area contributed by atoms with E-state index in [9.17, 15) is 4.79 Å². The Hall–Kier alpha value is -1.10. The van der Waals surface area contributed by atoms with E-state index in [-0.39, 0.29) is 17.9 Å². The van der Waals surface area contributed by atoms with Crippen LogP contribution in [0.25, 0.3) is 0 Å². The van der Waals surface area contributed by atoms with Gasteiger partial charge in [-0.15, -0.1) is 0 Å². The number of halogens is 1. The van der Waals surface area contributed by atoms with Gasteiger partial charge in [0.25, 0.3) is 0 Å². The van der Waals surface area contributed by atoms with Crippen molar-refractivity contribution in [3.05, 3.63) is 22.3 Å². The molecule has 2 aliphatic rings. The van der Waals surface area contributed by atoms with Crippen LogP contribution in [0, 0.1) is 12.8 Å². The summed E-state index contributed by atoms with van der Waals surface area (Å²) in [7, 11) is 0. The summed E-state index contributed by atoms with van der Waals surface area (Å²) in [5.74, 6) is 1.34. The fraction of sp³-hybridized carbons (Fsp3) is 0.538. The number of hydrogen-bond acceptors (Lipinski definition) is 3. The number of pyridine rings is 1. The molecular weight excluding hydrogens is 294 g/mol. The molecular formula is C13H16BrN3O. The molecule has 1 aromatic rings. The van der Waals surface area contributed by atoms with E-state index >= 15 is 0 Å². The molecule has 2 aliphatic heterocycles. The highest BCUT2D eigenvalue weighted by Gasteiger charge is 2.41. The number of anilines is 1. The first kappa shape index (κ1) is 12.0. The Labute approximate surface area is 115 Å². The maximum Gasteiger partial charge on any atom is 0.225 e. The SMILES string of the molecule is Cc1nc(N2CCC[C@H]3C(=O)NC[C@H]32)ccc1Br. The Bertz CT molecular complexity index is 491. The van der Waals surface area contributed by atoms with E-state index in [0.717, 1.165) is 41.9 Å². The minimum absolute atomic E-state index is 0.143. The number of fused-ring (bicyclic) bond motifs is 1. The molecule has 2 fully saturated rings. The van der Waals surface area contributed by atoms with E-state index in [0.29, 0.717) is 0 Å². The molecule has 3 rings (SSSR count). The van der Waals surface area contributed by atoms with Gasteiger partial charge in [-0.3, -0.25) is 4.79 Å². The molecule has 4 nitrogen and oxygen atoms in total. The highest BCUT2D eigenvalue weighted by molar-refractivity contribution is 9.10. The van der Waals surface area contributed by atoms with Gasteiger partial charge in [-0.25, -0.2) is 4.98 Å². The average Bonchev–Trinajstić information content (AvgIpc) is 2.75. The zero-order chi connectivity index (χ0) is 12.7. The number of aromatic nitrogens is 1. The molecule has 18 heavy (non-hydrogen) atoms. The van der Waals surface area contributed by atoms with Crippen LogP contribution in [-0.4, -0.2) is 30.0 Å². The number of amides is 1. The van der Waals surface area contributed by atoms with E-state index < -0.39 is 0 Å². The molecule has 1 N–H and O–H groups in total. The monoisotopic (exact) mass is 309 g/mol. The molecule has 3 heterocycles. The number of aryl methyl sites for hydroxylation is 1. The van der Waals surface area contributed by atoms with Crippen LogP contribution in [0.1, 0.15) is 18.5 Å². The molecule has 0 bridgehead atoms. The smallest absolute Gasteiger partial charge is 0.225 e. The number of nitrogens with one attached hydrogen (secondary N) is 1. The first-order valence-corrected chi connectivity index (χ1v) is 7.13. The summed E-state index contributed by atoms with van der Waals surface area (Å²) in [6.07, 6.45) is 2.06. The van der Waals surface area contributed by atoms with Gasteiger partial charge in [0.1, 0.15) is 5.82 Å². The second kappa shape index (κ2) is 4.53. The topological polar surface area (TPSA) is 45.2 Å². The van der Waals surface area contributed by atoms with Crippen molar-refractivity contribution in [3.8, 4) is 0 Å². The molecule has 5 heteroatoms. The van der Waals surface area contributed by atoms with E-state index in [4.69, 9.17) is 0 Å². The highest BCUT2D eigenvalue weighted by atomic mass is 79.9. The zero-order valence-electron chi connectivity index (χ0n) is 10.3. The van der Waals surface area contributed by atoms with Gasteiger partial charge in [0.2, 0.25) is 5.91 Å². The standard InChI is InChI=1S/C13H16BrN3O/c1-8-10(14)4-5-12(16-8)17-6-2-3-9-11(17)7-15-13(9)18/h4-5,9,11H,2-3,6-7H2,1H3,(H,15,18)/t9-,11-/m1/s1. The van der Waals surface area contributed by atoms with Crippen molar-refractivity contribution in [1.29, 1.82) is 0 Å². The summed E-state index contributed by atoms with van der Waals surface area (Å²) in [6.45, 7) is 3.73. The van der Waals surface area contributed by atoms with Crippen LogP contribution in [0.4, 0.5) is 5.82 Å². The summed E-state index contributed by atoms with van der Waals surface area (Å²) in [5, 5.41) is 2.97. The molecule has 1 amide bonds. The number of carbonyl (C=O) groups excluding carboxylic acids is 1. The van der Waals surface area contributed by atoms with Crippen LogP contribution >= 0.6 is 15.9 Å². The van der Waals surface area contributed by atoms with Crippen LogP contribution in [0.3, 0.4) is 0 Å². The van der Waals surface area contributed by atoms with E-state index in [1.807, 2.05) is 19.1 Å². The Morgan fingerprint density at radius 2 is 2.33 bits per heavy atom. The maximum absolute atomic E-state index is 11.7. The Balaban J connectivity index is 1.91. The van der Waals surface area contributed by atoms with E-state index in [1.54, 1.807) is 0 Å². The third kappa shape index (κ3) is 1.90. The van der Waals surface area contributed by atoms with Crippen molar-refractivity contribution >= 4 is 27.7 Å². The lowest BCUT2D eigenvalue weighted by molar-refractivity contribution is -0.122. The summed E-state index contributed by atoms with van der Waals surface area (Å²) in [4.78, 5) is 18.6. The fourth-order valence-corrected chi connectivity index (χ4v) is 3.15. The first-order valence-electron chi connectivity index (χ1n) is 6.34. The van der Waals surface area contributed by atoms with Gasteiger partial charge in [0, 0.05) is 17.6 Å². The lowest BCUT2D eigenvalue weighted by atomic mass is 9.91. The van der Waals surface area contributed by atoms with Crippen LogP contribution < -0.4 is 10.2 Å². The quantitative estimate of drug-likeness (QED) is 0.861. The number of piperidine rings is 1. The predicted molar refractivity (Wildman–Crippen MR) is 73.5 cm³/mol. The van der Waals surface area contributed by atoms with Crippen molar-refractivity contribution < 1.29 is 4.79 Å². The number of nitrogens with zero attached hydrogens (tertiary/aromatic N) is 2. The Morgan fingerprint density at radius 1 is 1.50 bits per heavy atom. The molecule has 96 valence electrons. The lowest BCUT2D eigenvalue weighted by Gasteiger charge is -2.37. The predicted octanol–water partition coefficient (Wildman–Crippen LogP) is 1.87. The zero-order valence-corrected chi connectivity index (χ0v) is 11.9. The second-order valence-corrected chi connectivity index (χ2v) is 5.85. The van der Waals surface area contributed by atoms with Gasteiger partial charge in [-0.2, -0.15) is 0 Å². The van der Waals surface area contributed by atoms with Gasteiger partial charge in [-0.05, 0) is 47.8 Å². The van der Waals surface area contributed by atoms with Gasteiger partial charge < -0.3 is 10.2 Å². The third-order valence-electron chi connectivity index (χ3n) is 3.90. The number of rotatable bonds is 1. The molecule has 0 aromatic carbocycles. The molecule has 1 aromatic heterocycles. The van der Waals surface area contributed by atoms with Gasteiger partial charge in [-0.1, -0.05) is 0 Å². The van der Waals surface area contributed by atoms with Crippen molar-refractivity contribution in [3.63, 3.8) is 0 Å². The first-order chi connectivity index (χ1) is 8.66. The summed E-state index contributed by atoms with van der Waals surface area (Å²) in [5.41, 5.74) is 0.993. The molecule has 2 saturated heterocycles. The summed E-state index contributed by atoms with van der Waals surface area (Å²) < 4.78 is 1.03. The van der Waals surface area contributed by atoms with E-state index in [1.165, 1.54) is 0 Å². The summed E-state index contributed by atoms with van der Waals surface area (Å²) in [6, 6.07) is 4.34. The van der Waals surface area contributed by atoms with Crippen molar-refractivity contribution in [1.82, 2.24) is 10.3 Å². The van der Waals surface area contributed by atoms with Crippen molar-refractivity contribution in [2.24, 2.45) is 5.92 Å². The molecule has 0 spiro atoms. The van der Waals surface area contributed by atoms with Crippen LogP contribution in [0.2, 0.25) is 0 Å². The second-order valence-electron chi connectivity index (χ2n) is 4.99. The normalized spacial score (nSPS) is 27.0. The summed E-state index contributed by atoms with van der Waals surface area (Å²) >= 11 is 3.47.